The van der Waals surface area contributed by atoms with E-state index >= 15 is 0 Å². The highest BCUT2D eigenvalue weighted by molar-refractivity contribution is 6.42. The van der Waals surface area contributed by atoms with E-state index in [0.717, 1.165) is 5.69 Å². The van der Waals surface area contributed by atoms with E-state index in [1.807, 2.05) is 13.1 Å². The lowest BCUT2D eigenvalue weighted by Gasteiger charge is -2.13. The zero-order chi connectivity index (χ0) is 15.2. The van der Waals surface area contributed by atoms with Crippen LogP contribution in [0.1, 0.15) is 5.69 Å². The predicted molar refractivity (Wildman–Crippen MR) is 82.9 cm³/mol. The molecule has 0 bridgehead atoms. The maximum atomic E-state index is 9.86. The molecule has 1 atom stereocenters. The molecule has 0 saturated carbocycles. The van der Waals surface area contributed by atoms with Gasteiger partial charge < -0.3 is 15.2 Å². The van der Waals surface area contributed by atoms with Crippen molar-refractivity contribution in [3.8, 4) is 5.75 Å². The summed E-state index contributed by atoms with van der Waals surface area (Å²) in [5.74, 6) is 0.579. The number of ether oxygens (including phenoxy) is 1. The second-order valence-corrected chi connectivity index (χ2v) is 5.43. The molecule has 1 aromatic carbocycles. The molecular weight excluding hydrogens is 313 g/mol. The number of nitrogens with zero attached hydrogens (tertiary/aromatic N) is 2. The summed E-state index contributed by atoms with van der Waals surface area (Å²) in [5.41, 5.74) is 1.05. The van der Waals surface area contributed by atoms with Gasteiger partial charge in [-0.15, -0.1) is 0 Å². The fourth-order valence-electron chi connectivity index (χ4n) is 1.76. The van der Waals surface area contributed by atoms with E-state index in [-0.39, 0.29) is 6.61 Å². The van der Waals surface area contributed by atoms with E-state index in [1.165, 1.54) is 0 Å². The molecule has 7 heteroatoms. The van der Waals surface area contributed by atoms with Gasteiger partial charge >= 0.3 is 0 Å². The summed E-state index contributed by atoms with van der Waals surface area (Å²) < 4.78 is 7.25. The van der Waals surface area contributed by atoms with Gasteiger partial charge in [-0.3, -0.25) is 4.68 Å². The predicted octanol–water partition coefficient (Wildman–Crippen LogP) is 2.26. The Kier molecular flexibility index (Phi) is 5.87. The van der Waals surface area contributed by atoms with Gasteiger partial charge in [-0.25, -0.2) is 0 Å². The molecule has 2 rings (SSSR count). The summed E-state index contributed by atoms with van der Waals surface area (Å²) in [7, 11) is 1.88. The topological polar surface area (TPSA) is 59.3 Å². The van der Waals surface area contributed by atoms with E-state index in [9.17, 15) is 5.11 Å². The third kappa shape index (κ3) is 4.89. The first-order chi connectivity index (χ1) is 10.1. The number of nitrogens with one attached hydrogen (secondary N) is 1. The molecule has 0 fully saturated rings. The number of aromatic nitrogens is 2. The van der Waals surface area contributed by atoms with Gasteiger partial charge in [0.1, 0.15) is 18.5 Å². The van der Waals surface area contributed by atoms with Gasteiger partial charge in [0.25, 0.3) is 0 Å². The van der Waals surface area contributed by atoms with E-state index in [0.29, 0.717) is 28.9 Å². The van der Waals surface area contributed by atoms with Gasteiger partial charge in [0.05, 0.1) is 15.7 Å². The van der Waals surface area contributed by atoms with Crippen LogP contribution in [0, 0.1) is 0 Å². The Labute approximate surface area is 133 Å². The number of aliphatic hydroxyl groups is 1. The van der Waals surface area contributed by atoms with Crippen molar-refractivity contribution in [3.63, 3.8) is 0 Å². The Balaban J connectivity index is 1.71. The standard InChI is InChI=1S/C14H17Cl2N3O2/c1-19-10(4-5-18-19)7-17-8-11(20)9-21-12-2-3-13(15)14(16)6-12/h2-6,11,17,20H,7-9H2,1H3. The minimum atomic E-state index is -0.618. The monoisotopic (exact) mass is 329 g/mol. The summed E-state index contributed by atoms with van der Waals surface area (Å²) in [6.07, 6.45) is 1.12. The second-order valence-electron chi connectivity index (χ2n) is 4.62. The first-order valence-corrected chi connectivity index (χ1v) is 7.25. The normalized spacial score (nSPS) is 12.4. The fourth-order valence-corrected chi connectivity index (χ4v) is 2.05. The van der Waals surface area contributed by atoms with Crippen molar-refractivity contribution in [3.05, 3.63) is 46.2 Å². The van der Waals surface area contributed by atoms with Gasteiger partial charge in [-0.05, 0) is 18.2 Å². The second kappa shape index (κ2) is 7.66. The minimum absolute atomic E-state index is 0.177. The van der Waals surface area contributed by atoms with Crippen LogP contribution in [0.25, 0.3) is 0 Å². The van der Waals surface area contributed by atoms with Crippen molar-refractivity contribution < 1.29 is 9.84 Å². The summed E-state index contributed by atoms with van der Waals surface area (Å²) in [6.45, 7) is 1.24. The number of hydrogen-bond acceptors (Lipinski definition) is 4. The molecule has 114 valence electrons. The van der Waals surface area contributed by atoms with Crippen LogP contribution < -0.4 is 10.1 Å². The fraction of sp³-hybridized carbons (Fsp3) is 0.357. The Morgan fingerprint density at radius 1 is 1.33 bits per heavy atom. The molecule has 0 saturated heterocycles. The molecule has 0 spiro atoms. The van der Waals surface area contributed by atoms with Gasteiger partial charge in [0.2, 0.25) is 0 Å². The van der Waals surface area contributed by atoms with Crippen molar-refractivity contribution in [2.45, 2.75) is 12.6 Å². The van der Waals surface area contributed by atoms with E-state index in [2.05, 4.69) is 10.4 Å². The van der Waals surface area contributed by atoms with Gasteiger partial charge in [-0.2, -0.15) is 5.10 Å². The number of halogens is 2. The summed E-state index contributed by atoms with van der Waals surface area (Å²) in [4.78, 5) is 0. The number of aliphatic hydroxyl groups excluding tert-OH is 1. The van der Waals surface area contributed by atoms with Crippen molar-refractivity contribution in [2.75, 3.05) is 13.2 Å². The Hall–Kier alpha value is -1.27. The first-order valence-electron chi connectivity index (χ1n) is 6.50. The largest absolute Gasteiger partial charge is 0.491 e. The lowest BCUT2D eigenvalue weighted by Crippen LogP contribution is -2.31. The molecule has 0 aliphatic carbocycles. The smallest absolute Gasteiger partial charge is 0.121 e. The maximum absolute atomic E-state index is 9.86. The molecule has 21 heavy (non-hydrogen) atoms. The third-order valence-electron chi connectivity index (χ3n) is 2.94. The number of aryl methyl sites for hydroxylation is 1. The number of rotatable bonds is 7. The first kappa shape index (κ1) is 16.1. The average Bonchev–Trinajstić information content (AvgIpc) is 2.86. The van der Waals surface area contributed by atoms with Crippen LogP contribution in [-0.4, -0.2) is 34.1 Å². The third-order valence-corrected chi connectivity index (χ3v) is 3.68. The molecule has 0 aliphatic rings. The highest BCUT2D eigenvalue weighted by atomic mass is 35.5. The van der Waals surface area contributed by atoms with Crippen molar-refractivity contribution in [1.82, 2.24) is 15.1 Å². The van der Waals surface area contributed by atoms with Gasteiger partial charge in [0.15, 0.2) is 0 Å². The molecule has 2 N–H and O–H groups in total. The number of benzene rings is 1. The molecule has 0 radical (unpaired) electrons. The quantitative estimate of drug-likeness (QED) is 0.818. The molecule has 0 amide bonds. The molecule has 1 unspecified atom stereocenters. The highest BCUT2D eigenvalue weighted by Gasteiger charge is 2.07. The van der Waals surface area contributed by atoms with Crippen molar-refractivity contribution in [2.24, 2.45) is 7.05 Å². The summed E-state index contributed by atoms with van der Waals surface area (Å²) >= 11 is 11.7. The van der Waals surface area contributed by atoms with Crippen LogP contribution in [0.15, 0.2) is 30.5 Å². The lowest BCUT2D eigenvalue weighted by atomic mass is 10.3. The van der Waals surface area contributed by atoms with E-state index in [1.54, 1.807) is 29.1 Å². The highest BCUT2D eigenvalue weighted by Crippen LogP contribution is 2.26. The van der Waals surface area contributed by atoms with Crippen LogP contribution in [0.3, 0.4) is 0 Å². The van der Waals surface area contributed by atoms with E-state index < -0.39 is 6.10 Å². The van der Waals surface area contributed by atoms with Crippen LogP contribution in [0.4, 0.5) is 0 Å². The lowest BCUT2D eigenvalue weighted by molar-refractivity contribution is 0.106. The molecule has 0 aliphatic heterocycles. The average molecular weight is 330 g/mol. The van der Waals surface area contributed by atoms with E-state index in [4.69, 9.17) is 27.9 Å². The molecule has 2 aromatic rings. The summed E-state index contributed by atoms with van der Waals surface area (Å²) in [6, 6.07) is 6.92. The molecule has 5 nitrogen and oxygen atoms in total. The van der Waals surface area contributed by atoms with Crippen LogP contribution in [0.2, 0.25) is 10.0 Å². The maximum Gasteiger partial charge on any atom is 0.121 e. The Morgan fingerprint density at radius 2 is 2.14 bits per heavy atom. The van der Waals surface area contributed by atoms with Crippen LogP contribution in [0.5, 0.6) is 5.75 Å². The van der Waals surface area contributed by atoms with Crippen molar-refractivity contribution >= 4 is 23.2 Å². The summed E-state index contributed by atoms with van der Waals surface area (Å²) in [5, 5.41) is 18.0. The molecular formula is C14H17Cl2N3O2. The van der Waals surface area contributed by atoms with Crippen LogP contribution >= 0.6 is 23.2 Å². The zero-order valence-corrected chi connectivity index (χ0v) is 13.1. The SMILES string of the molecule is Cn1nccc1CNCC(O)COc1ccc(Cl)c(Cl)c1. The van der Waals surface area contributed by atoms with Crippen LogP contribution in [-0.2, 0) is 13.6 Å². The number of hydrogen-bond donors (Lipinski definition) is 2. The Morgan fingerprint density at radius 3 is 2.81 bits per heavy atom. The minimum Gasteiger partial charge on any atom is -0.491 e. The van der Waals surface area contributed by atoms with Gasteiger partial charge in [-0.1, -0.05) is 23.2 Å². The van der Waals surface area contributed by atoms with Crippen molar-refractivity contribution in [1.29, 1.82) is 0 Å². The van der Waals surface area contributed by atoms with Gasteiger partial charge in [0, 0.05) is 32.4 Å². The molecule has 1 aromatic heterocycles. The Bertz CT molecular complexity index is 589. The molecule has 1 heterocycles. The zero-order valence-electron chi connectivity index (χ0n) is 11.6.